The first-order valence-corrected chi connectivity index (χ1v) is 8.10. The smallest absolute Gasteiger partial charge is 0.258 e. The van der Waals surface area contributed by atoms with Crippen LogP contribution in [0.1, 0.15) is 29.0 Å². The molecule has 2 aromatic rings. The fraction of sp³-hybridized carbons (Fsp3) is 0.333. The van der Waals surface area contributed by atoms with Crippen LogP contribution in [-0.4, -0.2) is 24.9 Å². The van der Waals surface area contributed by atoms with Gasteiger partial charge >= 0.3 is 0 Å². The van der Waals surface area contributed by atoms with Gasteiger partial charge in [0, 0.05) is 17.3 Å². The average molecular weight is 327 g/mol. The van der Waals surface area contributed by atoms with E-state index in [-0.39, 0.29) is 17.7 Å². The Morgan fingerprint density at radius 1 is 1.08 bits per heavy atom. The molecule has 24 heavy (non-hydrogen) atoms. The van der Waals surface area contributed by atoms with Crippen LogP contribution in [-0.2, 0) is 4.79 Å². The molecule has 126 valence electrons. The van der Waals surface area contributed by atoms with Crippen molar-refractivity contribution in [3.8, 4) is 0 Å². The molecule has 0 bridgehead atoms. The van der Waals surface area contributed by atoms with Crippen molar-refractivity contribution in [1.82, 2.24) is 5.32 Å². The molecule has 0 unspecified atom stereocenters. The molecule has 1 aliphatic heterocycles. The molecule has 1 fully saturated rings. The second-order valence-corrected chi connectivity index (χ2v) is 5.99. The van der Waals surface area contributed by atoms with Gasteiger partial charge in [0.2, 0.25) is 5.91 Å². The van der Waals surface area contributed by atoms with Crippen LogP contribution in [0.3, 0.4) is 0 Å². The molecular formula is C18H21N3O3. The summed E-state index contributed by atoms with van der Waals surface area (Å²) in [5.74, 6) is 0.589. The van der Waals surface area contributed by atoms with Crippen LogP contribution in [0.5, 0.6) is 0 Å². The minimum atomic E-state index is -0.224. The van der Waals surface area contributed by atoms with Crippen LogP contribution in [0.25, 0.3) is 0 Å². The summed E-state index contributed by atoms with van der Waals surface area (Å²) < 4.78 is 5.13. The maximum absolute atomic E-state index is 12.2. The lowest BCUT2D eigenvalue weighted by atomic mass is 9.97. The van der Waals surface area contributed by atoms with Gasteiger partial charge in [-0.1, -0.05) is 0 Å². The van der Waals surface area contributed by atoms with Gasteiger partial charge in [-0.3, -0.25) is 9.59 Å². The quantitative estimate of drug-likeness (QED) is 0.806. The third-order valence-electron chi connectivity index (χ3n) is 4.11. The third-order valence-corrected chi connectivity index (χ3v) is 4.11. The molecule has 0 spiro atoms. The Kier molecular flexibility index (Phi) is 4.96. The van der Waals surface area contributed by atoms with E-state index in [0.717, 1.165) is 31.6 Å². The highest BCUT2D eigenvalue weighted by atomic mass is 16.3. The van der Waals surface area contributed by atoms with Crippen molar-refractivity contribution >= 4 is 23.2 Å². The largest absolute Gasteiger partial charge is 0.469 e. The summed E-state index contributed by atoms with van der Waals surface area (Å²) in [5, 5.41) is 8.98. The van der Waals surface area contributed by atoms with Crippen molar-refractivity contribution in [2.75, 3.05) is 23.7 Å². The number of carbonyl (C=O) groups excluding carboxylic acids is 2. The Morgan fingerprint density at radius 3 is 2.29 bits per heavy atom. The zero-order valence-corrected chi connectivity index (χ0v) is 13.6. The summed E-state index contributed by atoms with van der Waals surface area (Å²) in [5.41, 5.74) is 1.88. The van der Waals surface area contributed by atoms with Crippen LogP contribution >= 0.6 is 0 Å². The average Bonchev–Trinajstić information content (AvgIpc) is 3.04. The third kappa shape index (κ3) is 4.02. The molecule has 1 aliphatic rings. The molecule has 1 saturated heterocycles. The molecule has 6 heteroatoms. The number of carbonyl (C=O) groups is 2. The van der Waals surface area contributed by atoms with Gasteiger partial charge in [0.1, 0.15) is 12.0 Å². The molecule has 2 amide bonds. The first-order chi connectivity index (χ1) is 11.6. The standard InChI is InChI=1S/C18H21N3O3/c1-12-10-14(11-24-12)18(23)21-16-4-2-15(3-5-16)20-17(22)13-6-8-19-9-7-13/h2-5,10-11,13,19H,6-9H2,1H3,(H,20,22)(H,21,23). The zero-order valence-electron chi connectivity index (χ0n) is 13.6. The monoisotopic (exact) mass is 327 g/mol. The Labute approximate surface area is 140 Å². The number of rotatable bonds is 4. The molecule has 1 aromatic heterocycles. The summed E-state index contributed by atoms with van der Waals surface area (Å²) >= 11 is 0. The summed E-state index contributed by atoms with van der Waals surface area (Å²) in [6.07, 6.45) is 3.16. The Balaban J connectivity index is 1.56. The van der Waals surface area contributed by atoms with E-state index >= 15 is 0 Å². The maximum Gasteiger partial charge on any atom is 0.258 e. The van der Waals surface area contributed by atoms with E-state index in [1.54, 1.807) is 37.3 Å². The van der Waals surface area contributed by atoms with E-state index in [0.29, 0.717) is 17.0 Å². The lowest BCUT2D eigenvalue weighted by Gasteiger charge is -2.21. The molecule has 3 N–H and O–H groups in total. The summed E-state index contributed by atoms with van der Waals surface area (Å²) in [6, 6.07) is 8.79. The van der Waals surface area contributed by atoms with Gasteiger partial charge < -0.3 is 20.4 Å². The van der Waals surface area contributed by atoms with Crippen molar-refractivity contribution < 1.29 is 14.0 Å². The summed E-state index contributed by atoms with van der Waals surface area (Å²) in [6.45, 7) is 3.56. The molecule has 0 aliphatic carbocycles. The SMILES string of the molecule is Cc1cc(C(=O)Nc2ccc(NC(=O)C3CCNCC3)cc2)co1. The number of amides is 2. The molecule has 0 saturated carbocycles. The summed E-state index contributed by atoms with van der Waals surface area (Å²) in [7, 11) is 0. The number of furan rings is 1. The number of piperidine rings is 1. The van der Waals surface area contributed by atoms with Crippen LogP contribution in [0, 0.1) is 12.8 Å². The number of nitrogens with one attached hydrogen (secondary N) is 3. The van der Waals surface area contributed by atoms with Crippen molar-refractivity contribution in [2.24, 2.45) is 5.92 Å². The zero-order chi connectivity index (χ0) is 16.9. The topological polar surface area (TPSA) is 83.4 Å². The van der Waals surface area contributed by atoms with Crippen molar-refractivity contribution in [3.05, 3.63) is 47.9 Å². The van der Waals surface area contributed by atoms with Gasteiger partial charge in [-0.2, -0.15) is 0 Å². The minimum Gasteiger partial charge on any atom is -0.469 e. The highest BCUT2D eigenvalue weighted by Crippen LogP contribution is 2.18. The Hall–Kier alpha value is -2.60. The van der Waals surface area contributed by atoms with Crippen LogP contribution in [0.4, 0.5) is 11.4 Å². The fourth-order valence-electron chi connectivity index (χ4n) is 2.73. The fourth-order valence-corrected chi connectivity index (χ4v) is 2.73. The second kappa shape index (κ2) is 7.31. The van der Waals surface area contributed by atoms with Crippen molar-refractivity contribution in [2.45, 2.75) is 19.8 Å². The number of benzene rings is 1. The van der Waals surface area contributed by atoms with Gasteiger partial charge in [0.25, 0.3) is 5.91 Å². The van der Waals surface area contributed by atoms with Crippen LogP contribution in [0.15, 0.2) is 41.0 Å². The van der Waals surface area contributed by atoms with Gasteiger partial charge in [-0.25, -0.2) is 0 Å². The first kappa shape index (κ1) is 16.3. The second-order valence-electron chi connectivity index (χ2n) is 5.99. The normalized spacial score (nSPS) is 15.0. The Morgan fingerprint density at radius 2 is 1.71 bits per heavy atom. The number of aryl methyl sites for hydroxylation is 1. The van der Waals surface area contributed by atoms with Gasteiger partial charge in [0.05, 0.1) is 5.56 Å². The van der Waals surface area contributed by atoms with Crippen LogP contribution in [0.2, 0.25) is 0 Å². The predicted molar refractivity (Wildman–Crippen MR) is 92.1 cm³/mol. The lowest BCUT2D eigenvalue weighted by Crippen LogP contribution is -2.34. The summed E-state index contributed by atoms with van der Waals surface area (Å²) in [4.78, 5) is 24.2. The molecule has 6 nitrogen and oxygen atoms in total. The molecular weight excluding hydrogens is 306 g/mol. The van der Waals surface area contributed by atoms with E-state index in [9.17, 15) is 9.59 Å². The van der Waals surface area contributed by atoms with E-state index < -0.39 is 0 Å². The lowest BCUT2D eigenvalue weighted by molar-refractivity contribution is -0.120. The van der Waals surface area contributed by atoms with E-state index in [4.69, 9.17) is 4.42 Å². The van der Waals surface area contributed by atoms with Gasteiger partial charge in [0.15, 0.2) is 0 Å². The van der Waals surface area contributed by atoms with Gasteiger partial charge in [-0.05, 0) is 63.2 Å². The molecule has 0 atom stereocenters. The molecule has 3 rings (SSSR count). The number of anilines is 2. The first-order valence-electron chi connectivity index (χ1n) is 8.10. The highest BCUT2D eigenvalue weighted by Gasteiger charge is 2.20. The van der Waals surface area contributed by atoms with Gasteiger partial charge in [-0.15, -0.1) is 0 Å². The van der Waals surface area contributed by atoms with E-state index in [1.807, 2.05) is 0 Å². The van der Waals surface area contributed by atoms with Crippen molar-refractivity contribution in [1.29, 1.82) is 0 Å². The molecule has 0 radical (unpaired) electrons. The van der Waals surface area contributed by atoms with E-state index in [1.165, 1.54) is 6.26 Å². The van der Waals surface area contributed by atoms with E-state index in [2.05, 4.69) is 16.0 Å². The molecule has 2 heterocycles. The molecule has 1 aromatic carbocycles. The maximum atomic E-state index is 12.2. The number of hydrogen-bond acceptors (Lipinski definition) is 4. The number of hydrogen-bond donors (Lipinski definition) is 3. The minimum absolute atomic E-state index is 0.0576. The Bertz CT molecular complexity index is 715. The predicted octanol–water partition coefficient (Wildman–Crippen LogP) is 2.78. The highest BCUT2D eigenvalue weighted by molar-refractivity contribution is 6.04. The van der Waals surface area contributed by atoms with Crippen molar-refractivity contribution in [3.63, 3.8) is 0 Å². The van der Waals surface area contributed by atoms with Crippen LogP contribution < -0.4 is 16.0 Å².